The Morgan fingerprint density at radius 3 is 2.44 bits per heavy atom. The summed E-state index contributed by atoms with van der Waals surface area (Å²) < 4.78 is 24.4. The van der Waals surface area contributed by atoms with E-state index in [1.165, 1.54) is 6.07 Å². The number of amides is 1. The van der Waals surface area contributed by atoms with E-state index in [9.17, 15) is 9.18 Å². The highest BCUT2D eigenvalue weighted by Gasteiger charge is 2.17. The molecule has 0 aliphatic carbocycles. The molecule has 36 heavy (non-hydrogen) atoms. The molecule has 1 aliphatic rings. The van der Waals surface area contributed by atoms with E-state index in [0.29, 0.717) is 35.8 Å². The van der Waals surface area contributed by atoms with Gasteiger partial charge in [0.05, 0.1) is 20.1 Å². The van der Waals surface area contributed by atoms with Gasteiger partial charge < -0.3 is 19.7 Å². The van der Waals surface area contributed by atoms with E-state index in [1.54, 1.807) is 45.2 Å². The molecule has 2 aromatic carbocycles. The van der Waals surface area contributed by atoms with Crippen LogP contribution in [0.5, 0.6) is 11.5 Å². The number of carbonyl (C=O) groups excluding carboxylic acids is 1. The summed E-state index contributed by atoms with van der Waals surface area (Å²) in [5.74, 6) is 1.64. The number of ether oxygens (including phenoxy) is 2. The van der Waals surface area contributed by atoms with E-state index >= 15 is 0 Å². The van der Waals surface area contributed by atoms with E-state index in [-0.39, 0.29) is 5.91 Å². The van der Waals surface area contributed by atoms with Gasteiger partial charge in [-0.1, -0.05) is 0 Å². The number of aryl methyl sites for hydroxylation is 1. The van der Waals surface area contributed by atoms with Crippen LogP contribution in [0.4, 0.5) is 4.39 Å². The Bertz CT molecular complexity index is 1270. The molecule has 1 aliphatic heterocycles. The number of methoxy groups -OCH3 is 2. The topological polar surface area (TPSA) is 76.0 Å². The van der Waals surface area contributed by atoms with Crippen molar-refractivity contribution in [2.45, 2.75) is 32.9 Å². The van der Waals surface area contributed by atoms with Crippen LogP contribution in [0.3, 0.4) is 0 Å². The molecule has 0 spiro atoms. The third-order valence-corrected chi connectivity index (χ3v) is 6.15. The van der Waals surface area contributed by atoms with Crippen molar-refractivity contribution in [2.24, 2.45) is 4.99 Å². The molecule has 0 bridgehead atoms. The Morgan fingerprint density at radius 2 is 1.81 bits per heavy atom. The summed E-state index contributed by atoms with van der Waals surface area (Å²) in [5, 5.41) is 3.38. The molecule has 0 radical (unpaired) electrons. The summed E-state index contributed by atoms with van der Waals surface area (Å²) in [6.45, 7) is 3.52. The third-order valence-electron chi connectivity index (χ3n) is 6.15. The van der Waals surface area contributed by atoms with Crippen LogP contribution < -0.4 is 14.8 Å². The number of aliphatic imine (C=N–C) groups is 1. The molecule has 1 N–H and O–H groups in total. The number of carbonyl (C=O) groups is 1. The quantitative estimate of drug-likeness (QED) is 0.461. The Labute approximate surface area is 211 Å². The van der Waals surface area contributed by atoms with Crippen molar-refractivity contribution in [1.82, 2.24) is 15.2 Å². The average molecular weight is 491 g/mol. The molecular weight excluding hydrogens is 459 g/mol. The number of hydrogen-bond donors (Lipinski definition) is 1. The average Bonchev–Trinajstić information content (AvgIpc) is 3.40. The van der Waals surface area contributed by atoms with Gasteiger partial charge in [-0.15, -0.1) is 0 Å². The molecular formula is C28H31FN4O3. The molecule has 0 saturated carbocycles. The summed E-state index contributed by atoms with van der Waals surface area (Å²) in [6.07, 6.45) is 1.98. The molecule has 2 heterocycles. The molecule has 1 aromatic heterocycles. The maximum Gasteiger partial charge on any atom is 0.253 e. The molecule has 0 fully saturated rings. The Balaban J connectivity index is 1.64. The van der Waals surface area contributed by atoms with Crippen LogP contribution in [-0.4, -0.2) is 49.4 Å². The lowest BCUT2D eigenvalue weighted by atomic mass is 9.98. The van der Waals surface area contributed by atoms with Gasteiger partial charge in [-0.3, -0.25) is 9.79 Å². The van der Waals surface area contributed by atoms with Crippen molar-refractivity contribution < 1.29 is 18.7 Å². The summed E-state index contributed by atoms with van der Waals surface area (Å²) in [7, 11) is 4.95. The summed E-state index contributed by atoms with van der Waals surface area (Å²) >= 11 is 0. The zero-order chi connectivity index (χ0) is 25.7. The summed E-state index contributed by atoms with van der Waals surface area (Å²) in [6, 6.07) is 14.3. The number of hydrogen-bond acceptors (Lipinski definition) is 6. The van der Waals surface area contributed by atoms with Crippen LogP contribution in [-0.2, 0) is 13.1 Å². The van der Waals surface area contributed by atoms with Crippen LogP contribution in [0.25, 0.3) is 11.1 Å². The predicted octanol–water partition coefficient (Wildman–Crippen LogP) is 4.77. The standard InChI is InChI=1S/C28H31FN4O3/c1-18-25(7-8-26(29)32-18)21-10-19(16-31-27-6-5-9-30-27)11-22(14-21)28(34)33(2)17-20-12-23(35-3)15-24(13-20)36-4/h7-8,10-15H,5-6,9,16-17H2,1-4H3,(H,30,31). The summed E-state index contributed by atoms with van der Waals surface area (Å²) in [5.41, 5.74) is 4.52. The molecule has 7 nitrogen and oxygen atoms in total. The minimum absolute atomic E-state index is 0.134. The van der Waals surface area contributed by atoms with Crippen LogP contribution in [0.1, 0.15) is 40.0 Å². The first-order chi connectivity index (χ1) is 17.4. The molecule has 8 heteroatoms. The number of nitrogens with zero attached hydrogens (tertiary/aromatic N) is 3. The van der Waals surface area contributed by atoms with Gasteiger partial charge in [0, 0.05) is 56.0 Å². The second kappa shape index (κ2) is 11.2. The lowest BCUT2D eigenvalue weighted by Crippen LogP contribution is -2.27. The monoisotopic (exact) mass is 490 g/mol. The maximum absolute atomic E-state index is 13.7. The van der Waals surface area contributed by atoms with E-state index in [1.807, 2.05) is 30.3 Å². The van der Waals surface area contributed by atoms with Gasteiger partial charge in [0.2, 0.25) is 5.95 Å². The molecule has 4 rings (SSSR count). The van der Waals surface area contributed by atoms with Gasteiger partial charge >= 0.3 is 0 Å². The van der Waals surface area contributed by atoms with Gasteiger partial charge in [0.15, 0.2) is 0 Å². The first-order valence-corrected chi connectivity index (χ1v) is 11.9. The Hall–Kier alpha value is -3.94. The van der Waals surface area contributed by atoms with E-state index < -0.39 is 5.95 Å². The molecule has 0 atom stereocenters. The Morgan fingerprint density at radius 1 is 1.06 bits per heavy atom. The molecule has 0 saturated heterocycles. The number of pyridine rings is 1. The maximum atomic E-state index is 13.7. The van der Waals surface area contributed by atoms with Crippen LogP contribution >= 0.6 is 0 Å². The first kappa shape index (κ1) is 25.2. The largest absolute Gasteiger partial charge is 0.497 e. The van der Waals surface area contributed by atoms with Crippen molar-refractivity contribution in [3.05, 3.63) is 76.9 Å². The van der Waals surface area contributed by atoms with E-state index in [4.69, 9.17) is 9.47 Å². The van der Waals surface area contributed by atoms with Gasteiger partial charge in [-0.25, -0.2) is 4.98 Å². The van der Waals surface area contributed by atoms with E-state index in [2.05, 4.69) is 15.3 Å². The molecule has 1 amide bonds. The van der Waals surface area contributed by atoms with Crippen molar-refractivity contribution in [1.29, 1.82) is 0 Å². The zero-order valence-electron chi connectivity index (χ0n) is 21.1. The smallest absolute Gasteiger partial charge is 0.253 e. The van der Waals surface area contributed by atoms with Crippen LogP contribution in [0.15, 0.2) is 53.5 Å². The SMILES string of the molecule is COc1cc(CN(C)C(=O)c2cc(CNC3=NCCC3)cc(-c3ccc(F)nc3C)c2)cc(OC)c1. The minimum atomic E-state index is -0.530. The van der Waals surface area contributed by atoms with Crippen LogP contribution in [0, 0.1) is 12.9 Å². The minimum Gasteiger partial charge on any atom is -0.497 e. The van der Waals surface area contributed by atoms with Crippen molar-refractivity contribution in [3.8, 4) is 22.6 Å². The van der Waals surface area contributed by atoms with Gasteiger partial charge in [-0.05, 0) is 72.5 Å². The van der Waals surface area contributed by atoms with Crippen LogP contribution in [0.2, 0.25) is 0 Å². The summed E-state index contributed by atoms with van der Waals surface area (Å²) in [4.78, 5) is 23.6. The fourth-order valence-electron chi connectivity index (χ4n) is 4.32. The van der Waals surface area contributed by atoms with Gasteiger partial charge in [0.1, 0.15) is 11.5 Å². The highest BCUT2D eigenvalue weighted by atomic mass is 19.1. The molecule has 0 unspecified atom stereocenters. The third kappa shape index (κ3) is 6.00. The molecule has 188 valence electrons. The lowest BCUT2D eigenvalue weighted by molar-refractivity contribution is 0.0784. The number of halogens is 1. The number of nitrogens with one attached hydrogen (secondary N) is 1. The second-order valence-corrected chi connectivity index (χ2v) is 8.85. The molecule has 3 aromatic rings. The highest BCUT2D eigenvalue weighted by Crippen LogP contribution is 2.27. The van der Waals surface area contributed by atoms with E-state index in [0.717, 1.165) is 47.5 Å². The van der Waals surface area contributed by atoms with Crippen molar-refractivity contribution >= 4 is 11.7 Å². The van der Waals surface area contributed by atoms with Crippen molar-refractivity contribution in [3.63, 3.8) is 0 Å². The first-order valence-electron chi connectivity index (χ1n) is 11.9. The fraction of sp³-hybridized carbons (Fsp3) is 0.321. The zero-order valence-corrected chi connectivity index (χ0v) is 21.1. The second-order valence-electron chi connectivity index (χ2n) is 8.85. The fourth-order valence-corrected chi connectivity index (χ4v) is 4.32. The number of aromatic nitrogens is 1. The number of amidine groups is 1. The lowest BCUT2D eigenvalue weighted by Gasteiger charge is -2.20. The number of rotatable bonds is 8. The predicted molar refractivity (Wildman–Crippen MR) is 138 cm³/mol. The van der Waals surface area contributed by atoms with Crippen molar-refractivity contribution in [2.75, 3.05) is 27.8 Å². The van der Waals surface area contributed by atoms with Gasteiger partial charge in [0.25, 0.3) is 5.91 Å². The number of benzene rings is 2. The normalized spacial score (nSPS) is 12.8. The highest BCUT2D eigenvalue weighted by molar-refractivity contribution is 5.95. The Kier molecular flexibility index (Phi) is 7.83. The van der Waals surface area contributed by atoms with Gasteiger partial charge in [-0.2, -0.15) is 4.39 Å².